The summed E-state index contributed by atoms with van der Waals surface area (Å²) in [5.41, 5.74) is 1.52. The van der Waals surface area contributed by atoms with Crippen molar-refractivity contribution in [2.24, 2.45) is 16.5 Å². The summed E-state index contributed by atoms with van der Waals surface area (Å²) in [7, 11) is 0. The molecule has 6 nitrogen and oxygen atoms in total. The Morgan fingerprint density at radius 2 is 1.81 bits per heavy atom. The average Bonchev–Trinajstić information content (AvgIpc) is 3.28. The topological polar surface area (TPSA) is 71.0 Å². The Labute approximate surface area is 191 Å². The molecule has 4 rings (SSSR count). The van der Waals surface area contributed by atoms with Crippen molar-refractivity contribution in [3.8, 4) is 0 Å². The van der Waals surface area contributed by atoms with Crippen molar-refractivity contribution in [1.82, 2.24) is 10.2 Å². The maximum atomic E-state index is 13.6. The number of piperidine rings is 1. The van der Waals surface area contributed by atoms with Crippen LogP contribution < -0.4 is 5.32 Å². The molecule has 3 aliphatic rings. The molecule has 2 heterocycles. The summed E-state index contributed by atoms with van der Waals surface area (Å²) < 4.78 is 0. The highest BCUT2D eigenvalue weighted by molar-refractivity contribution is 6.01. The summed E-state index contributed by atoms with van der Waals surface area (Å²) >= 11 is 0. The maximum absolute atomic E-state index is 13.6. The number of nitrogens with zero attached hydrogens (tertiary/aromatic N) is 2. The van der Waals surface area contributed by atoms with E-state index in [2.05, 4.69) is 10.5 Å². The van der Waals surface area contributed by atoms with Crippen LogP contribution in [0.4, 0.5) is 0 Å². The first-order valence-electron chi connectivity index (χ1n) is 12.3. The van der Waals surface area contributed by atoms with Gasteiger partial charge >= 0.3 is 0 Å². The SMILES string of the molecule is CC(C)C(=O)N1CCC(C[C@@H]2CC(c3ccccc3)=NO2)(C(=O)NC2CCCCC2)CC1. The van der Waals surface area contributed by atoms with Crippen LogP contribution >= 0.6 is 0 Å². The Morgan fingerprint density at radius 3 is 2.47 bits per heavy atom. The van der Waals surface area contributed by atoms with Crippen molar-refractivity contribution in [3.05, 3.63) is 35.9 Å². The first-order valence-corrected chi connectivity index (χ1v) is 12.3. The van der Waals surface area contributed by atoms with E-state index in [0.29, 0.717) is 32.4 Å². The summed E-state index contributed by atoms with van der Waals surface area (Å²) in [6.45, 7) is 5.14. The molecule has 1 aromatic carbocycles. The van der Waals surface area contributed by atoms with Gasteiger partial charge in [-0.1, -0.05) is 68.6 Å². The maximum Gasteiger partial charge on any atom is 0.226 e. The Bertz CT molecular complexity index is 822. The molecule has 32 heavy (non-hydrogen) atoms. The standard InChI is InChI=1S/C26H37N3O3/c1-19(2)24(30)29-15-13-26(14-16-29,25(31)27-21-11-7-4-8-12-21)18-22-17-23(28-32-22)20-9-5-3-6-10-20/h3,5-6,9-10,19,21-22H,4,7-8,11-18H2,1-2H3,(H,27,31)/t22-/m0/s1. The lowest BCUT2D eigenvalue weighted by atomic mass is 9.72. The second-order valence-electron chi connectivity index (χ2n) is 10.1. The van der Waals surface area contributed by atoms with Crippen molar-refractivity contribution in [2.45, 2.75) is 83.8 Å². The molecule has 0 bridgehead atoms. The summed E-state index contributed by atoms with van der Waals surface area (Å²) in [5, 5.41) is 7.72. The van der Waals surface area contributed by atoms with Crippen LogP contribution in [0.15, 0.2) is 35.5 Å². The Balaban J connectivity index is 1.44. The second-order valence-corrected chi connectivity index (χ2v) is 10.1. The largest absolute Gasteiger partial charge is 0.392 e. The fraction of sp³-hybridized carbons (Fsp3) is 0.654. The van der Waals surface area contributed by atoms with Gasteiger partial charge in [0.15, 0.2) is 0 Å². The van der Waals surface area contributed by atoms with Crippen molar-refractivity contribution in [1.29, 1.82) is 0 Å². The van der Waals surface area contributed by atoms with Gasteiger partial charge in [-0.2, -0.15) is 0 Å². The number of benzene rings is 1. The van der Waals surface area contributed by atoms with E-state index >= 15 is 0 Å². The Kier molecular flexibility index (Phi) is 7.17. The number of amides is 2. The highest BCUT2D eigenvalue weighted by Crippen LogP contribution is 2.40. The molecule has 6 heteroatoms. The summed E-state index contributed by atoms with van der Waals surface area (Å²) in [6, 6.07) is 10.4. The van der Waals surface area contributed by atoms with E-state index in [4.69, 9.17) is 4.84 Å². The van der Waals surface area contributed by atoms with Gasteiger partial charge in [0, 0.05) is 37.9 Å². The van der Waals surface area contributed by atoms with E-state index in [-0.39, 0.29) is 29.9 Å². The van der Waals surface area contributed by atoms with Gasteiger partial charge in [-0.25, -0.2) is 0 Å². The molecule has 2 amide bonds. The molecule has 0 spiro atoms. The molecule has 0 unspecified atom stereocenters. The number of nitrogens with one attached hydrogen (secondary N) is 1. The minimum Gasteiger partial charge on any atom is -0.392 e. The number of carbonyl (C=O) groups is 2. The number of hydrogen-bond donors (Lipinski definition) is 1. The summed E-state index contributed by atoms with van der Waals surface area (Å²) in [5.74, 6) is 0.314. The van der Waals surface area contributed by atoms with E-state index in [0.717, 1.165) is 30.5 Å². The van der Waals surface area contributed by atoms with Gasteiger partial charge < -0.3 is 15.1 Å². The van der Waals surface area contributed by atoms with Gasteiger partial charge in [-0.15, -0.1) is 0 Å². The molecule has 1 atom stereocenters. The predicted molar refractivity (Wildman–Crippen MR) is 125 cm³/mol. The first-order chi connectivity index (χ1) is 15.5. The number of carbonyl (C=O) groups excluding carboxylic acids is 2. The quantitative estimate of drug-likeness (QED) is 0.719. The van der Waals surface area contributed by atoms with Crippen LogP contribution in [0.25, 0.3) is 0 Å². The molecule has 2 aliphatic heterocycles. The zero-order valence-corrected chi connectivity index (χ0v) is 19.5. The fourth-order valence-electron chi connectivity index (χ4n) is 5.40. The second kappa shape index (κ2) is 10.1. The summed E-state index contributed by atoms with van der Waals surface area (Å²) in [4.78, 5) is 33.9. The van der Waals surface area contributed by atoms with Crippen LogP contribution in [-0.2, 0) is 14.4 Å². The lowest BCUT2D eigenvalue weighted by molar-refractivity contribution is -0.145. The van der Waals surface area contributed by atoms with Gasteiger partial charge in [0.2, 0.25) is 11.8 Å². The van der Waals surface area contributed by atoms with Gasteiger partial charge in [0.05, 0.1) is 11.1 Å². The number of hydrogen-bond acceptors (Lipinski definition) is 4. The highest BCUT2D eigenvalue weighted by atomic mass is 16.6. The highest BCUT2D eigenvalue weighted by Gasteiger charge is 2.46. The van der Waals surface area contributed by atoms with Crippen LogP contribution in [0.5, 0.6) is 0 Å². The third-order valence-corrected chi connectivity index (χ3v) is 7.41. The van der Waals surface area contributed by atoms with E-state index in [1.54, 1.807) is 0 Å². The molecular formula is C26H37N3O3. The van der Waals surface area contributed by atoms with Crippen molar-refractivity contribution in [2.75, 3.05) is 13.1 Å². The molecule has 2 fully saturated rings. The molecule has 174 valence electrons. The van der Waals surface area contributed by atoms with Crippen LogP contribution in [-0.4, -0.2) is 47.7 Å². The molecule has 1 saturated carbocycles. The smallest absolute Gasteiger partial charge is 0.226 e. The van der Waals surface area contributed by atoms with E-state index < -0.39 is 5.41 Å². The zero-order chi connectivity index (χ0) is 22.6. The lowest BCUT2D eigenvalue weighted by Gasteiger charge is -2.42. The van der Waals surface area contributed by atoms with Crippen LogP contribution in [0.2, 0.25) is 0 Å². The normalized spacial score (nSPS) is 23.5. The van der Waals surface area contributed by atoms with Gasteiger partial charge in [0.1, 0.15) is 6.10 Å². The van der Waals surface area contributed by atoms with Crippen molar-refractivity contribution < 1.29 is 14.4 Å². The van der Waals surface area contributed by atoms with E-state index in [9.17, 15) is 9.59 Å². The molecule has 1 aliphatic carbocycles. The molecule has 0 radical (unpaired) electrons. The lowest BCUT2D eigenvalue weighted by Crippen LogP contribution is -2.53. The first kappa shape index (κ1) is 22.8. The van der Waals surface area contributed by atoms with Crippen molar-refractivity contribution >= 4 is 17.5 Å². The van der Waals surface area contributed by atoms with Crippen LogP contribution in [0.3, 0.4) is 0 Å². The average molecular weight is 440 g/mol. The van der Waals surface area contributed by atoms with Gasteiger partial charge in [0.25, 0.3) is 0 Å². The molecule has 1 saturated heterocycles. The zero-order valence-electron chi connectivity index (χ0n) is 19.5. The summed E-state index contributed by atoms with van der Waals surface area (Å²) in [6.07, 6.45) is 8.42. The number of oxime groups is 1. The Hall–Kier alpha value is -2.37. The van der Waals surface area contributed by atoms with E-state index in [1.165, 1.54) is 19.3 Å². The number of rotatable bonds is 6. The third-order valence-electron chi connectivity index (χ3n) is 7.41. The van der Waals surface area contributed by atoms with Gasteiger partial charge in [-0.3, -0.25) is 9.59 Å². The molecule has 1 N–H and O–H groups in total. The minimum atomic E-state index is -0.502. The van der Waals surface area contributed by atoms with Crippen LogP contribution in [0, 0.1) is 11.3 Å². The molecule has 1 aromatic rings. The number of likely N-dealkylation sites (tertiary alicyclic amines) is 1. The Morgan fingerprint density at radius 1 is 1.12 bits per heavy atom. The predicted octanol–water partition coefficient (Wildman–Crippen LogP) is 4.28. The fourth-order valence-corrected chi connectivity index (χ4v) is 5.40. The molecule has 0 aromatic heterocycles. The van der Waals surface area contributed by atoms with Crippen molar-refractivity contribution in [3.63, 3.8) is 0 Å². The third kappa shape index (κ3) is 5.16. The minimum absolute atomic E-state index is 0.0152. The monoisotopic (exact) mass is 439 g/mol. The van der Waals surface area contributed by atoms with E-state index in [1.807, 2.05) is 49.1 Å². The molecular weight excluding hydrogens is 402 g/mol. The van der Waals surface area contributed by atoms with Gasteiger partial charge in [-0.05, 0) is 31.2 Å². The van der Waals surface area contributed by atoms with Crippen LogP contribution in [0.1, 0.15) is 77.2 Å².